The van der Waals surface area contributed by atoms with Gasteiger partial charge in [0.1, 0.15) is 10.7 Å². The first-order valence-corrected chi connectivity index (χ1v) is 12.7. The Bertz CT molecular complexity index is 1670. The summed E-state index contributed by atoms with van der Waals surface area (Å²) in [6, 6.07) is 24.1. The van der Waals surface area contributed by atoms with E-state index in [2.05, 4.69) is 20.3 Å². The molecule has 0 amide bonds. The lowest BCUT2D eigenvalue weighted by molar-refractivity contribution is 0.602. The molecule has 3 aromatic carbocycles. The second kappa shape index (κ2) is 10.0. The molecule has 184 valence electrons. The fourth-order valence-electron chi connectivity index (χ4n) is 4.34. The molecule has 0 radical (unpaired) electrons. The molecule has 7 nitrogen and oxygen atoms in total. The third-order valence-electron chi connectivity index (χ3n) is 6.21. The molecule has 0 aliphatic heterocycles. The van der Waals surface area contributed by atoms with Gasteiger partial charge in [-0.2, -0.15) is 0 Å². The van der Waals surface area contributed by atoms with Crippen molar-refractivity contribution >= 4 is 55.8 Å². The number of fused-ring (bicyclic) bond motifs is 2. The van der Waals surface area contributed by atoms with Crippen molar-refractivity contribution in [1.29, 1.82) is 5.41 Å². The van der Waals surface area contributed by atoms with E-state index in [1.807, 2.05) is 55.6 Å². The van der Waals surface area contributed by atoms with Crippen molar-refractivity contribution < 1.29 is 8.42 Å². The number of pyridine rings is 1. The van der Waals surface area contributed by atoms with Gasteiger partial charge in [0.25, 0.3) is 10.0 Å². The van der Waals surface area contributed by atoms with Crippen LogP contribution in [0.15, 0.2) is 90.0 Å². The van der Waals surface area contributed by atoms with Crippen LogP contribution in [0.4, 0.5) is 5.69 Å². The number of sulfonamides is 1. The zero-order valence-electron chi connectivity index (χ0n) is 19.6. The smallest absolute Gasteiger partial charge is 0.264 e. The Morgan fingerprint density at radius 1 is 0.972 bits per heavy atom. The van der Waals surface area contributed by atoms with Crippen molar-refractivity contribution in [2.24, 2.45) is 12.8 Å². The number of rotatable bonds is 7. The summed E-state index contributed by atoms with van der Waals surface area (Å²) < 4.78 is 31.2. The van der Waals surface area contributed by atoms with E-state index in [0.29, 0.717) is 16.8 Å². The van der Waals surface area contributed by atoms with E-state index in [-0.39, 0.29) is 23.1 Å². The maximum absolute atomic E-state index is 13.2. The van der Waals surface area contributed by atoms with Gasteiger partial charge in [0, 0.05) is 46.5 Å². The molecule has 4 N–H and O–H groups in total. The van der Waals surface area contributed by atoms with Crippen LogP contribution in [-0.4, -0.2) is 23.8 Å². The Morgan fingerprint density at radius 3 is 2.47 bits per heavy atom. The highest BCUT2D eigenvalue weighted by Gasteiger charge is 2.19. The zero-order valence-corrected chi connectivity index (χ0v) is 21.2. The van der Waals surface area contributed by atoms with Gasteiger partial charge in [-0.3, -0.25) is 15.1 Å². The van der Waals surface area contributed by atoms with Gasteiger partial charge in [-0.1, -0.05) is 42.5 Å². The lowest BCUT2D eigenvalue weighted by atomic mass is 10.1. The van der Waals surface area contributed by atoms with Gasteiger partial charge in [-0.05, 0) is 54.8 Å². The number of hydrogen-bond acceptors (Lipinski definition) is 4. The molecule has 0 saturated heterocycles. The van der Waals surface area contributed by atoms with Crippen molar-refractivity contribution in [1.82, 2.24) is 9.55 Å². The minimum Gasteiger partial charge on any atom is -0.384 e. The van der Waals surface area contributed by atoms with Crippen LogP contribution in [0, 0.1) is 5.41 Å². The van der Waals surface area contributed by atoms with Crippen LogP contribution in [0.5, 0.6) is 0 Å². The Hall–Kier alpha value is -3.88. The quantitative estimate of drug-likeness (QED) is 0.207. The van der Waals surface area contributed by atoms with Gasteiger partial charge in [0.2, 0.25) is 0 Å². The molecule has 0 fully saturated rings. The maximum Gasteiger partial charge on any atom is 0.264 e. The van der Waals surface area contributed by atoms with E-state index < -0.39 is 10.0 Å². The summed E-state index contributed by atoms with van der Waals surface area (Å²) in [6.45, 7) is 0. The van der Waals surface area contributed by atoms with Crippen molar-refractivity contribution in [3.8, 4) is 0 Å². The molecule has 2 aromatic heterocycles. The van der Waals surface area contributed by atoms with Crippen LogP contribution in [-0.2, 0) is 29.9 Å². The molecular weight excluding hydrogens is 494 g/mol. The Kier molecular flexibility index (Phi) is 7.01. The molecule has 0 unspecified atom stereocenters. The van der Waals surface area contributed by atoms with Crippen LogP contribution >= 0.6 is 12.4 Å². The second-order valence-electron chi connectivity index (χ2n) is 8.52. The fraction of sp³-hybridized carbons (Fsp3) is 0.111. The predicted octanol–water partition coefficient (Wildman–Crippen LogP) is 5.02. The molecule has 9 heteroatoms. The number of nitrogens with zero attached hydrogens (tertiary/aromatic N) is 2. The van der Waals surface area contributed by atoms with Crippen LogP contribution in [0.3, 0.4) is 0 Å². The van der Waals surface area contributed by atoms with Gasteiger partial charge in [0.05, 0.1) is 5.52 Å². The molecule has 0 aliphatic rings. The molecule has 0 bridgehead atoms. The summed E-state index contributed by atoms with van der Waals surface area (Å²) in [7, 11) is -1.80. The number of para-hydroxylation sites is 1. The molecule has 2 heterocycles. The topological polar surface area (TPSA) is 114 Å². The average Bonchev–Trinajstić information content (AvgIpc) is 3.17. The average molecular weight is 520 g/mol. The normalized spacial score (nSPS) is 11.4. The Balaban J connectivity index is 0.00000304. The van der Waals surface area contributed by atoms with Crippen molar-refractivity contribution in [3.05, 3.63) is 102 Å². The van der Waals surface area contributed by atoms with Crippen molar-refractivity contribution in [3.63, 3.8) is 0 Å². The molecule has 5 aromatic rings. The number of nitrogen functional groups attached to an aromatic ring is 1. The van der Waals surface area contributed by atoms with Gasteiger partial charge in [-0.25, -0.2) is 8.42 Å². The number of halogens is 1. The summed E-state index contributed by atoms with van der Waals surface area (Å²) in [5, 5.41) is 9.25. The number of hydrogen-bond donors (Lipinski definition) is 3. The van der Waals surface area contributed by atoms with Gasteiger partial charge in [-0.15, -0.1) is 12.4 Å². The van der Waals surface area contributed by atoms with E-state index in [4.69, 9.17) is 11.1 Å². The number of aryl methyl sites for hydroxylation is 3. The summed E-state index contributed by atoms with van der Waals surface area (Å²) in [5.41, 5.74) is 10.5. The van der Waals surface area contributed by atoms with Crippen LogP contribution in [0.1, 0.15) is 16.8 Å². The largest absolute Gasteiger partial charge is 0.384 e. The highest BCUT2D eigenvalue weighted by atomic mass is 35.5. The molecule has 36 heavy (non-hydrogen) atoms. The van der Waals surface area contributed by atoms with E-state index in [1.54, 1.807) is 30.5 Å². The molecule has 0 spiro atoms. The lowest BCUT2D eigenvalue weighted by Crippen LogP contribution is -2.13. The monoisotopic (exact) mass is 519 g/mol. The molecule has 0 aliphatic carbocycles. The van der Waals surface area contributed by atoms with Crippen LogP contribution < -0.4 is 10.5 Å². The van der Waals surface area contributed by atoms with Gasteiger partial charge < -0.3 is 10.3 Å². The SMILES string of the molecule is Cl.Cn1c(CCc2ccc(C(=N)N)cc2)cc2cc(NS(=O)(=O)c3cccc4cccnc34)ccc21. The Labute approximate surface area is 215 Å². The highest BCUT2D eigenvalue weighted by molar-refractivity contribution is 7.93. The van der Waals surface area contributed by atoms with Crippen molar-refractivity contribution in [2.75, 3.05) is 4.72 Å². The number of nitrogens with one attached hydrogen (secondary N) is 2. The van der Waals surface area contributed by atoms with E-state index in [1.165, 1.54) is 0 Å². The van der Waals surface area contributed by atoms with Crippen LogP contribution in [0.2, 0.25) is 0 Å². The number of anilines is 1. The first kappa shape index (κ1) is 25.2. The van der Waals surface area contributed by atoms with E-state index in [9.17, 15) is 8.42 Å². The van der Waals surface area contributed by atoms with E-state index in [0.717, 1.165) is 40.4 Å². The highest BCUT2D eigenvalue weighted by Crippen LogP contribution is 2.27. The van der Waals surface area contributed by atoms with E-state index >= 15 is 0 Å². The molecular formula is C27H26ClN5O2S. The van der Waals surface area contributed by atoms with Gasteiger partial charge >= 0.3 is 0 Å². The lowest BCUT2D eigenvalue weighted by Gasteiger charge is -2.10. The third kappa shape index (κ3) is 4.91. The number of amidine groups is 1. The summed E-state index contributed by atoms with van der Waals surface area (Å²) >= 11 is 0. The third-order valence-corrected chi connectivity index (χ3v) is 7.63. The minimum atomic E-state index is -3.81. The predicted molar refractivity (Wildman–Crippen MR) is 148 cm³/mol. The first-order chi connectivity index (χ1) is 16.8. The maximum atomic E-state index is 13.2. The van der Waals surface area contributed by atoms with Gasteiger partial charge in [0.15, 0.2) is 0 Å². The number of benzene rings is 3. The fourth-order valence-corrected chi connectivity index (χ4v) is 5.57. The first-order valence-electron chi connectivity index (χ1n) is 11.2. The number of aromatic nitrogens is 2. The molecule has 5 rings (SSSR count). The molecule has 0 saturated carbocycles. The minimum absolute atomic E-state index is 0. The summed E-state index contributed by atoms with van der Waals surface area (Å²) in [4.78, 5) is 4.43. The Morgan fingerprint density at radius 2 is 1.72 bits per heavy atom. The zero-order chi connectivity index (χ0) is 24.6. The van der Waals surface area contributed by atoms with Crippen LogP contribution in [0.25, 0.3) is 21.8 Å². The molecule has 0 atom stereocenters. The van der Waals surface area contributed by atoms with Crippen molar-refractivity contribution in [2.45, 2.75) is 17.7 Å². The second-order valence-corrected chi connectivity index (χ2v) is 10.2. The summed E-state index contributed by atoms with van der Waals surface area (Å²) in [6.07, 6.45) is 3.26. The summed E-state index contributed by atoms with van der Waals surface area (Å²) in [5.74, 6) is 0.0633. The number of nitrogens with two attached hydrogens (primary N) is 1. The standard InChI is InChI=1S/C27H25N5O2S.ClH/c1-32-23(13-9-18-7-10-20(11-8-18)27(28)29)17-21-16-22(12-14-24(21)32)31-35(33,34)25-6-2-4-19-5-3-15-30-26(19)25;/h2-8,10-12,14-17,31H,9,13H2,1H3,(H3,28,29);1H.